The molecule has 0 unspecified atom stereocenters. The van der Waals surface area contributed by atoms with Crippen LogP contribution in [0.4, 0.5) is 28.9 Å². The van der Waals surface area contributed by atoms with Gasteiger partial charge in [-0.3, -0.25) is 9.78 Å². The Bertz CT molecular complexity index is 1350. The molecule has 0 saturated carbocycles. The molecule has 5 rings (SSSR count). The highest BCUT2D eigenvalue weighted by Gasteiger charge is 2.36. The molecule has 6 nitrogen and oxygen atoms in total. The first kappa shape index (κ1) is 21.9. The Kier molecular flexibility index (Phi) is 5.43. The topological polar surface area (TPSA) is 73.9 Å². The average Bonchev–Trinajstić information content (AvgIpc) is 3.45. The lowest BCUT2D eigenvalue weighted by molar-refractivity contribution is -0.137. The van der Waals surface area contributed by atoms with E-state index in [1.807, 2.05) is 0 Å². The number of carbonyl (C=O) groups is 1. The smallest absolute Gasteiger partial charge is 0.368 e. The summed E-state index contributed by atoms with van der Waals surface area (Å²) in [5.74, 6) is -0.474. The number of carbonyl (C=O) groups excluding carboxylic acids is 1. The molecule has 2 aromatic carbocycles. The van der Waals surface area contributed by atoms with Gasteiger partial charge >= 0.3 is 6.18 Å². The number of aromatic nitrogens is 3. The van der Waals surface area contributed by atoms with E-state index >= 15 is 0 Å². The second-order valence-electron chi connectivity index (χ2n) is 8.04. The summed E-state index contributed by atoms with van der Waals surface area (Å²) in [6.45, 7) is 0.425. The molecule has 0 bridgehead atoms. The van der Waals surface area contributed by atoms with Crippen LogP contribution in [0, 0.1) is 0 Å². The van der Waals surface area contributed by atoms with Crippen LogP contribution in [-0.2, 0) is 6.18 Å². The highest BCUT2D eigenvalue weighted by atomic mass is 19.4. The number of hydrogen-bond acceptors (Lipinski definition) is 4. The molecule has 1 amide bonds. The third-order valence-corrected chi connectivity index (χ3v) is 5.74. The van der Waals surface area contributed by atoms with E-state index in [0.717, 1.165) is 6.07 Å². The molecule has 34 heavy (non-hydrogen) atoms. The normalized spacial score (nSPS) is 16.2. The zero-order chi connectivity index (χ0) is 23.9. The molecule has 1 atom stereocenters. The number of hydrogen-bond donors (Lipinski definition) is 2. The van der Waals surface area contributed by atoms with Crippen molar-refractivity contribution in [2.75, 3.05) is 23.3 Å². The summed E-state index contributed by atoms with van der Waals surface area (Å²) < 4.78 is 55.5. The van der Waals surface area contributed by atoms with Gasteiger partial charge in [0.1, 0.15) is 17.5 Å². The maximum atomic E-state index is 14.0. The SMILES string of the molecule is O=C(Nc1cccnc1)c1cccc2[nH]c(-c3ccc(N4CC[C@H](F)C4)cc3C(F)(F)F)nc12. The van der Waals surface area contributed by atoms with E-state index in [4.69, 9.17) is 0 Å². The number of rotatable bonds is 4. The summed E-state index contributed by atoms with van der Waals surface area (Å²) in [5, 5.41) is 2.71. The summed E-state index contributed by atoms with van der Waals surface area (Å²) in [7, 11) is 0. The van der Waals surface area contributed by atoms with E-state index in [0.29, 0.717) is 23.4 Å². The first-order valence-electron chi connectivity index (χ1n) is 10.6. The number of para-hydroxylation sites is 1. The maximum Gasteiger partial charge on any atom is 0.417 e. The number of amides is 1. The number of imidazole rings is 1. The van der Waals surface area contributed by atoms with Gasteiger partial charge in [-0.05, 0) is 48.9 Å². The van der Waals surface area contributed by atoms with Crippen LogP contribution in [0.25, 0.3) is 22.4 Å². The minimum absolute atomic E-state index is 0.0136. The van der Waals surface area contributed by atoms with E-state index in [9.17, 15) is 22.4 Å². The zero-order valence-corrected chi connectivity index (χ0v) is 17.7. The minimum Gasteiger partial charge on any atom is -0.368 e. The van der Waals surface area contributed by atoms with Crippen molar-refractivity contribution in [3.8, 4) is 11.4 Å². The highest BCUT2D eigenvalue weighted by Crippen LogP contribution is 2.39. The van der Waals surface area contributed by atoms with E-state index in [1.54, 1.807) is 41.4 Å². The number of halogens is 4. The van der Waals surface area contributed by atoms with E-state index < -0.39 is 23.8 Å². The highest BCUT2D eigenvalue weighted by molar-refractivity contribution is 6.11. The number of H-pyrrole nitrogens is 1. The lowest BCUT2D eigenvalue weighted by Gasteiger charge is -2.20. The van der Waals surface area contributed by atoms with Crippen LogP contribution >= 0.6 is 0 Å². The Morgan fingerprint density at radius 2 is 2.00 bits per heavy atom. The van der Waals surface area contributed by atoms with E-state index in [1.165, 1.54) is 18.3 Å². The molecule has 174 valence electrons. The minimum atomic E-state index is -4.65. The fraction of sp³-hybridized carbons (Fsp3) is 0.208. The standard InChI is InChI=1S/C24H19F4N5O/c25-14-8-10-33(13-14)16-6-7-17(19(11-16)24(26,27)28)22-31-20-5-1-4-18(21(20)32-22)23(34)30-15-3-2-9-29-12-15/h1-7,9,11-12,14H,8,10,13H2,(H,30,34)(H,31,32)/t14-/m0/s1. The number of benzene rings is 2. The molecule has 0 spiro atoms. The average molecular weight is 469 g/mol. The van der Waals surface area contributed by atoms with Gasteiger partial charge < -0.3 is 15.2 Å². The second-order valence-corrected chi connectivity index (χ2v) is 8.04. The first-order chi connectivity index (χ1) is 16.3. The Hall–Kier alpha value is -3.95. The molecule has 0 aliphatic carbocycles. The molecule has 2 aromatic heterocycles. The van der Waals surface area contributed by atoms with Gasteiger partial charge in [-0.15, -0.1) is 0 Å². The van der Waals surface area contributed by atoms with Gasteiger partial charge in [0.15, 0.2) is 0 Å². The number of fused-ring (bicyclic) bond motifs is 1. The number of anilines is 2. The van der Waals surface area contributed by atoms with Crippen molar-refractivity contribution in [1.82, 2.24) is 15.0 Å². The van der Waals surface area contributed by atoms with Crippen molar-refractivity contribution >= 4 is 28.3 Å². The van der Waals surface area contributed by atoms with Gasteiger partial charge in [-0.25, -0.2) is 9.37 Å². The summed E-state index contributed by atoms with van der Waals surface area (Å²) in [5.41, 5.74) is 0.633. The zero-order valence-electron chi connectivity index (χ0n) is 17.7. The summed E-state index contributed by atoms with van der Waals surface area (Å²) >= 11 is 0. The van der Waals surface area contributed by atoms with E-state index in [2.05, 4.69) is 20.3 Å². The molecule has 1 saturated heterocycles. The Balaban J connectivity index is 1.54. The van der Waals surface area contributed by atoms with Crippen LogP contribution < -0.4 is 10.2 Å². The second kappa shape index (κ2) is 8.44. The van der Waals surface area contributed by atoms with Gasteiger partial charge in [0.05, 0.1) is 28.5 Å². The lowest BCUT2D eigenvalue weighted by atomic mass is 10.0. The largest absolute Gasteiger partial charge is 0.417 e. The number of alkyl halides is 4. The van der Waals surface area contributed by atoms with Crippen molar-refractivity contribution in [2.24, 2.45) is 0 Å². The Labute approximate surface area is 191 Å². The van der Waals surface area contributed by atoms with Gasteiger partial charge in [-0.1, -0.05) is 6.07 Å². The van der Waals surface area contributed by atoms with Crippen molar-refractivity contribution in [1.29, 1.82) is 0 Å². The monoisotopic (exact) mass is 469 g/mol. The molecule has 1 fully saturated rings. The number of nitrogens with zero attached hydrogens (tertiary/aromatic N) is 3. The predicted molar refractivity (Wildman–Crippen MR) is 120 cm³/mol. The van der Waals surface area contributed by atoms with Gasteiger partial charge in [0.25, 0.3) is 5.91 Å². The van der Waals surface area contributed by atoms with Crippen LogP contribution in [0.5, 0.6) is 0 Å². The molecule has 1 aliphatic heterocycles. The summed E-state index contributed by atoms with van der Waals surface area (Å²) in [4.78, 5) is 25.6. The van der Waals surface area contributed by atoms with Crippen molar-refractivity contribution in [2.45, 2.75) is 18.8 Å². The molecule has 4 aromatic rings. The first-order valence-corrected chi connectivity index (χ1v) is 10.6. The van der Waals surface area contributed by atoms with Crippen molar-refractivity contribution in [3.05, 3.63) is 72.1 Å². The third-order valence-electron chi connectivity index (χ3n) is 5.74. The quantitative estimate of drug-likeness (QED) is 0.390. The fourth-order valence-electron chi connectivity index (χ4n) is 4.10. The number of pyridine rings is 1. The van der Waals surface area contributed by atoms with Gasteiger partial charge in [0, 0.05) is 30.5 Å². The van der Waals surface area contributed by atoms with Crippen LogP contribution in [-0.4, -0.2) is 40.1 Å². The third kappa shape index (κ3) is 4.18. The van der Waals surface area contributed by atoms with Gasteiger partial charge in [-0.2, -0.15) is 13.2 Å². The Morgan fingerprint density at radius 3 is 2.71 bits per heavy atom. The number of nitrogens with one attached hydrogen (secondary N) is 2. The summed E-state index contributed by atoms with van der Waals surface area (Å²) in [6.07, 6.45) is -2.37. The molecule has 3 heterocycles. The maximum absolute atomic E-state index is 14.0. The Morgan fingerprint density at radius 1 is 1.15 bits per heavy atom. The van der Waals surface area contributed by atoms with Crippen LogP contribution in [0.1, 0.15) is 22.3 Å². The lowest BCUT2D eigenvalue weighted by Crippen LogP contribution is -2.21. The fourth-order valence-corrected chi connectivity index (χ4v) is 4.10. The molecule has 0 radical (unpaired) electrons. The van der Waals surface area contributed by atoms with E-state index in [-0.39, 0.29) is 35.4 Å². The van der Waals surface area contributed by atoms with Gasteiger partial charge in [0.2, 0.25) is 0 Å². The molecule has 1 aliphatic rings. The van der Waals surface area contributed by atoms with Crippen LogP contribution in [0.2, 0.25) is 0 Å². The molecule has 2 N–H and O–H groups in total. The summed E-state index contributed by atoms with van der Waals surface area (Å²) in [6, 6.07) is 12.0. The molecular weight excluding hydrogens is 450 g/mol. The number of aromatic amines is 1. The van der Waals surface area contributed by atoms with Crippen LogP contribution in [0.3, 0.4) is 0 Å². The predicted octanol–water partition coefficient (Wildman–Crippen LogP) is 5.44. The van der Waals surface area contributed by atoms with Crippen LogP contribution in [0.15, 0.2) is 60.9 Å². The van der Waals surface area contributed by atoms with Crippen molar-refractivity contribution in [3.63, 3.8) is 0 Å². The molecular formula is C24H19F4N5O. The molecule has 10 heteroatoms. The van der Waals surface area contributed by atoms with Crippen molar-refractivity contribution < 1.29 is 22.4 Å².